The maximum atomic E-state index is 11.0. The summed E-state index contributed by atoms with van der Waals surface area (Å²) < 4.78 is 0. The van der Waals surface area contributed by atoms with E-state index in [1.165, 1.54) is 0 Å². The van der Waals surface area contributed by atoms with E-state index in [9.17, 15) is 4.79 Å². The Hall–Kier alpha value is -1.98. The standard InChI is InChI=1S/C8H13N5O/c1-5-2-3-11-6(5)4-12-8(14)13-7(9)10/h2-3,11H,4H2,1H3,(H5,9,10,12,13,14). The monoisotopic (exact) mass is 195 g/mol. The molecular weight excluding hydrogens is 182 g/mol. The van der Waals surface area contributed by atoms with Crippen molar-refractivity contribution in [2.24, 2.45) is 16.5 Å². The minimum absolute atomic E-state index is 0.245. The predicted molar refractivity (Wildman–Crippen MR) is 53.6 cm³/mol. The number of carbonyl (C=O) groups excluding carboxylic acids is 1. The van der Waals surface area contributed by atoms with Gasteiger partial charge in [0, 0.05) is 11.9 Å². The molecule has 6 N–H and O–H groups in total. The molecule has 0 saturated carbocycles. The first kappa shape index (κ1) is 10.1. The number of aliphatic imine (C=N–C) groups is 1. The average molecular weight is 195 g/mol. The molecule has 1 heterocycles. The Labute approximate surface area is 81.4 Å². The van der Waals surface area contributed by atoms with Crippen LogP contribution in [-0.2, 0) is 6.54 Å². The molecule has 0 fully saturated rings. The number of aryl methyl sites for hydroxylation is 1. The molecule has 76 valence electrons. The molecule has 0 aromatic carbocycles. The lowest BCUT2D eigenvalue weighted by molar-refractivity contribution is 0.249. The summed E-state index contributed by atoms with van der Waals surface area (Å²) in [7, 11) is 0. The van der Waals surface area contributed by atoms with Gasteiger partial charge in [0.2, 0.25) is 0 Å². The van der Waals surface area contributed by atoms with E-state index >= 15 is 0 Å². The Morgan fingerprint density at radius 2 is 2.36 bits per heavy atom. The topological polar surface area (TPSA) is 109 Å². The van der Waals surface area contributed by atoms with Crippen molar-refractivity contribution in [1.29, 1.82) is 0 Å². The summed E-state index contributed by atoms with van der Waals surface area (Å²) in [5.41, 5.74) is 12.1. The predicted octanol–water partition coefficient (Wildman–Crippen LogP) is -0.194. The van der Waals surface area contributed by atoms with Crippen LogP contribution in [0.2, 0.25) is 0 Å². The number of nitrogens with one attached hydrogen (secondary N) is 2. The molecule has 6 heteroatoms. The molecule has 14 heavy (non-hydrogen) atoms. The first-order valence-electron chi connectivity index (χ1n) is 4.10. The van der Waals surface area contributed by atoms with Crippen LogP contribution in [0.25, 0.3) is 0 Å². The number of urea groups is 1. The number of hydrogen-bond donors (Lipinski definition) is 4. The number of H-pyrrole nitrogens is 1. The lowest BCUT2D eigenvalue weighted by atomic mass is 10.3. The van der Waals surface area contributed by atoms with E-state index in [1.54, 1.807) is 6.20 Å². The summed E-state index contributed by atoms with van der Waals surface area (Å²) in [5, 5.41) is 2.54. The number of amides is 2. The van der Waals surface area contributed by atoms with Crippen molar-refractivity contribution in [3.63, 3.8) is 0 Å². The van der Waals surface area contributed by atoms with Crippen LogP contribution in [-0.4, -0.2) is 17.0 Å². The molecular formula is C8H13N5O. The van der Waals surface area contributed by atoms with Gasteiger partial charge in [0.15, 0.2) is 5.96 Å². The van der Waals surface area contributed by atoms with Gasteiger partial charge < -0.3 is 21.8 Å². The number of aromatic nitrogens is 1. The van der Waals surface area contributed by atoms with Crippen LogP contribution in [0.15, 0.2) is 17.3 Å². The molecule has 0 radical (unpaired) electrons. The van der Waals surface area contributed by atoms with Gasteiger partial charge in [-0.15, -0.1) is 0 Å². The zero-order valence-corrected chi connectivity index (χ0v) is 7.87. The summed E-state index contributed by atoms with van der Waals surface area (Å²) in [6, 6.07) is 1.38. The van der Waals surface area contributed by atoms with Crippen molar-refractivity contribution in [3.8, 4) is 0 Å². The van der Waals surface area contributed by atoms with Crippen molar-refractivity contribution in [2.75, 3.05) is 0 Å². The van der Waals surface area contributed by atoms with Crippen LogP contribution >= 0.6 is 0 Å². The molecule has 2 amide bonds. The van der Waals surface area contributed by atoms with Gasteiger partial charge in [-0.25, -0.2) is 4.79 Å². The van der Waals surface area contributed by atoms with Crippen molar-refractivity contribution in [3.05, 3.63) is 23.5 Å². The van der Waals surface area contributed by atoms with Crippen molar-refractivity contribution in [2.45, 2.75) is 13.5 Å². The average Bonchev–Trinajstić information content (AvgIpc) is 2.46. The number of nitrogens with two attached hydrogens (primary N) is 2. The van der Waals surface area contributed by atoms with Gasteiger partial charge in [-0.05, 0) is 18.6 Å². The summed E-state index contributed by atoms with van der Waals surface area (Å²) in [6.45, 7) is 2.33. The number of rotatable bonds is 2. The van der Waals surface area contributed by atoms with E-state index in [0.717, 1.165) is 11.3 Å². The quantitative estimate of drug-likeness (QED) is 0.387. The normalized spacial score (nSPS) is 9.50. The lowest BCUT2D eigenvalue weighted by Crippen LogP contribution is -2.28. The molecule has 0 aliphatic heterocycles. The highest BCUT2D eigenvalue weighted by Crippen LogP contribution is 2.03. The van der Waals surface area contributed by atoms with Gasteiger partial charge in [-0.2, -0.15) is 4.99 Å². The van der Waals surface area contributed by atoms with E-state index in [2.05, 4.69) is 15.3 Å². The van der Waals surface area contributed by atoms with Gasteiger partial charge in [-0.3, -0.25) is 0 Å². The molecule has 0 bridgehead atoms. The third kappa shape index (κ3) is 2.81. The zero-order valence-electron chi connectivity index (χ0n) is 7.87. The van der Waals surface area contributed by atoms with Gasteiger partial charge in [0.1, 0.15) is 0 Å². The highest BCUT2D eigenvalue weighted by molar-refractivity contribution is 5.90. The largest absolute Gasteiger partial charge is 0.370 e. The fourth-order valence-electron chi connectivity index (χ4n) is 0.993. The first-order chi connectivity index (χ1) is 6.59. The van der Waals surface area contributed by atoms with Crippen molar-refractivity contribution >= 4 is 12.0 Å². The minimum Gasteiger partial charge on any atom is -0.370 e. The highest BCUT2D eigenvalue weighted by Gasteiger charge is 2.01. The molecule has 1 rings (SSSR count). The zero-order chi connectivity index (χ0) is 10.6. The molecule has 6 nitrogen and oxygen atoms in total. The molecule has 0 aliphatic carbocycles. The maximum absolute atomic E-state index is 11.0. The number of guanidine groups is 1. The first-order valence-corrected chi connectivity index (χ1v) is 4.10. The second-order valence-electron chi connectivity index (χ2n) is 2.83. The fraction of sp³-hybridized carbons (Fsp3) is 0.250. The molecule has 0 spiro atoms. The van der Waals surface area contributed by atoms with Gasteiger partial charge in [0.05, 0.1) is 6.54 Å². The molecule has 0 atom stereocenters. The SMILES string of the molecule is Cc1cc[nH]c1CNC(=O)N=C(N)N. The van der Waals surface area contributed by atoms with Gasteiger partial charge in [0.25, 0.3) is 0 Å². The fourth-order valence-corrected chi connectivity index (χ4v) is 0.993. The Bertz CT molecular complexity index is 350. The van der Waals surface area contributed by atoms with Gasteiger partial charge >= 0.3 is 6.03 Å². The Morgan fingerprint density at radius 3 is 2.86 bits per heavy atom. The Morgan fingerprint density at radius 1 is 1.64 bits per heavy atom. The van der Waals surface area contributed by atoms with E-state index < -0.39 is 6.03 Å². The Balaban J connectivity index is 2.46. The van der Waals surface area contributed by atoms with E-state index in [0.29, 0.717) is 6.54 Å². The molecule has 1 aromatic rings. The third-order valence-corrected chi connectivity index (χ3v) is 1.71. The summed E-state index contributed by atoms with van der Waals surface area (Å²) in [6.07, 6.45) is 1.80. The summed E-state index contributed by atoms with van der Waals surface area (Å²) >= 11 is 0. The lowest BCUT2D eigenvalue weighted by Gasteiger charge is -2.00. The number of carbonyl (C=O) groups is 1. The third-order valence-electron chi connectivity index (χ3n) is 1.71. The number of nitrogens with zero attached hydrogens (tertiary/aromatic N) is 1. The summed E-state index contributed by atoms with van der Waals surface area (Å²) in [4.78, 5) is 17.3. The van der Waals surface area contributed by atoms with Crippen LogP contribution in [0.4, 0.5) is 4.79 Å². The second-order valence-corrected chi connectivity index (χ2v) is 2.83. The smallest absolute Gasteiger partial charge is 0.344 e. The highest BCUT2D eigenvalue weighted by atomic mass is 16.2. The molecule has 0 saturated heterocycles. The van der Waals surface area contributed by atoms with Crippen molar-refractivity contribution in [1.82, 2.24) is 10.3 Å². The Kier molecular flexibility index (Phi) is 3.11. The number of aromatic amines is 1. The molecule has 0 unspecified atom stereocenters. The van der Waals surface area contributed by atoms with E-state index in [4.69, 9.17) is 11.5 Å². The van der Waals surface area contributed by atoms with E-state index in [1.807, 2.05) is 13.0 Å². The van der Waals surface area contributed by atoms with Crippen molar-refractivity contribution < 1.29 is 4.79 Å². The van der Waals surface area contributed by atoms with Crippen LogP contribution in [0.1, 0.15) is 11.3 Å². The van der Waals surface area contributed by atoms with Crippen LogP contribution in [0.5, 0.6) is 0 Å². The maximum Gasteiger partial charge on any atom is 0.344 e. The second kappa shape index (κ2) is 4.31. The van der Waals surface area contributed by atoms with Gasteiger partial charge in [-0.1, -0.05) is 0 Å². The number of hydrogen-bond acceptors (Lipinski definition) is 1. The minimum atomic E-state index is -0.543. The summed E-state index contributed by atoms with van der Waals surface area (Å²) in [5.74, 6) is -0.245. The van der Waals surface area contributed by atoms with E-state index in [-0.39, 0.29) is 5.96 Å². The molecule has 0 aliphatic rings. The van der Waals surface area contributed by atoms with Crippen LogP contribution in [0.3, 0.4) is 0 Å². The van der Waals surface area contributed by atoms with Crippen LogP contribution < -0.4 is 16.8 Å². The molecule has 1 aromatic heterocycles. The van der Waals surface area contributed by atoms with Crippen LogP contribution in [0, 0.1) is 6.92 Å².